The fourth-order valence-electron chi connectivity index (χ4n) is 3.20. The number of amides is 1. The molecule has 2 saturated heterocycles. The van der Waals surface area contributed by atoms with Crippen molar-refractivity contribution in [2.75, 3.05) is 46.5 Å². The number of carbonyl (C=O) groups excluding carboxylic acids is 1. The summed E-state index contributed by atoms with van der Waals surface area (Å²) in [6.45, 7) is 3.04. The van der Waals surface area contributed by atoms with Gasteiger partial charge in [-0.1, -0.05) is 6.42 Å². The first kappa shape index (κ1) is 18.2. The summed E-state index contributed by atoms with van der Waals surface area (Å²) < 4.78 is 38.0. The molecule has 25 heavy (non-hydrogen) atoms. The molecule has 0 aliphatic carbocycles. The molecule has 2 heterocycles. The fourth-order valence-corrected chi connectivity index (χ4v) is 4.90. The smallest absolute Gasteiger partial charge is 0.254 e. The van der Waals surface area contributed by atoms with Gasteiger partial charge in [0.1, 0.15) is 10.6 Å². The molecule has 1 amide bonds. The lowest BCUT2D eigenvalue weighted by Crippen LogP contribution is -2.41. The number of nitrogens with zero attached hydrogens (tertiary/aromatic N) is 2. The second-order valence-corrected chi connectivity index (χ2v) is 8.14. The molecular formula is C17H24N2O5S. The maximum Gasteiger partial charge on any atom is 0.254 e. The van der Waals surface area contributed by atoms with Crippen molar-refractivity contribution in [3.05, 3.63) is 23.8 Å². The molecule has 0 spiro atoms. The molecule has 0 bridgehead atoms. The van der Waals surface area contributed by atoms with E-state index in [0.29, 0.717) is 45.0 Å². The number of hydrogen-bond acceptors (Lipinski definition) is 5. The second-order valence-electron chi connectivity index (χ2n) is 6.23. The van der Waals surface area contributed by atoms with Gasteiger partial charge in [0.05, 0.1) is 20.3 Å². The fraction of sp³-hybridized carbons (Fsp3) is 0.588. The van der Waals surface area contributed by atoms with E-state index in [-0.39, 0.29) is 16.6 Å². The molecule has 0 atom stereocenters. The zero-order valence-electron chi connectivity index (χ0n) is 14.4. The van der Waals surface area contributed by atoms with Gasteiger partial charge in [0.25, 0.3) is 5.91 Å². The maximum atomic E-state index is 13.0. The second kappa shape index (κ2) is 7.72. The number of piperidine rings is 1. The van der Waals surface area contributed by atoms with Gasteiger partial charge in [-0.2, -0.15) is 4.31 Å². The summed E-state index contributed by atoms with van der Waals surface area (Å²) in [5.41, 5.74) is 0.360. The largest absolute Gasteiger partial charge is 0.495 e. The average Bonchev–Trinajstić information content (AvgIpc) is 2.68. The van der Waals surface area contributed by atoms with Crippen LogP contribution in [0.3, 0.4) is 0 Å². The molecule has 1 aromatic carbocycles. The molecular weight excluding hydrogens is 344 g/mol. The monoisotopic (exact) mass is 368 g/mol. The van der Waals surface area contributed by atoms with Crippen molar-refractivity contribution in [2.24, 2.45) is 0 Å². The summed E-state index contributed by atoms with van der Waals surface area (Å²) >= 11 is 0. The number of methoxy groups -OCH3 is 1. The Kier molecular flexibility index (Phi) is 5.61. The molecule has 2 aliphatic rings. The van der Waals surface area contributed by atoms with Gasteiger partial charge in [-0.15, -0.1) is 0 Å². The Labute approximate surface area is 148 Å². The topological polar surface area (TPSA) is 76.1 Å². The minimum atomic E-state index is -3.68. The van der Waals surface area contributed by atoms with Crippen LogP contribution in [-0.4, -0.2) is 70.0 Å². The predicted octanol–water partition coefficient (Wildman–Crippen LogP) is 1.34. The number of ether oxygens (including phenoxy) is 2. The molecule has 0 saturated carbocycles. The highest BCUT2D eigenvalue weighted by Gasteiger charge is 2.30. The average molecular weight is 368 g/mol. The van der Waals surface area contributed by atoms with Crippen LogP contribution in [0, 0.1) is 0 Å². The summed E-state index contributed by atoms with van der Waals surface area (Å²) in [5, 5.41) is 0. The summed E-state index contributed by atoms with van der Waals surface area (Å²) in [7, 11) is -2.24. The standard InChI is InChI=1S/C17H24N2O5S/c1-23-15-6-5-14(17(20)18-9-11-24-12-10-18)13-16(15)25(21,22)19-7-3-2-4-8-19/h5-6,13H,2-4,7-12H2,1H3. The van der Waals surface area contributed by atoms with Crippen LogP contribution in [0.5, 0.6) is 5.75 Å². The van der Waals surface area contributed by atoms with Crippen molar-refractivity contribution in [1.82, 2.24) is 9.21 Å². The van der Waals surface area contributed by atoms with E-state index in [1.165, 1.54) is 17.5 Å². The van der Waals surface area contributed by atoms with E-state index >= 15 is 0 Å². The SMILES string of the molecule is COc1ccc(C(=O)N2CCOCC2)cc1S(=O)(=O)N1CCCCC1. The van der Waals surface area contributed by atoms with Crippen molar-refractivity contribution in [2.45, 2.75) is 24.2 Å². The molecule has 138 valence electrons. The minimum absolute atomic E-state index is 0.0657. The van der Waals surface area contributed by atoms with Gasteiger partial charge in [0.2, 0.25) is 10.0 Å². The van der Waals surface area contributed by atoms with Gasteiger partial charge >= 0.3 is 0 Å². The van der Waals surface area contributed by atoms with Gasteiger partial charge in [0.15, 0.2) is 0 Å². The van der Waals surface area contributed by atoms with E-state index in [2.05, 4.69) is 0 Å². The summed E-state index contributed by atoms with van der Waals surface area (Å²) in [6, 6.07) is 4.62. The highest BCUT2D eigenvalue weighted by molar-refractivity contribution is 7.89. The van der Waals surface area contributed by atoms with Crippen molar-refractivity contribution in [1.29, 1.82) is 0 Å². The number of hydrogen-bond donors (Lipinski definition) is 0. The predicted molar refractivity (Wildman–Crippen MR) is 92.3 cm³/mol. The molecule has 0 radical (unpaired) electrons. The van der Waals surface area contributed by atoms with Crippen LogP contribution < -0.4 is 4.74 Å². The van der Waals surface area contributed by atoms with Crippen molar-refractivity contribution in [3.8, 4) is 5.75 Å². The van der Waals surface area contributed by atoms with Crippen molar-refractivity contribution >= 4 is 15.9 Å². The first-order chi connectivity index (χ1) is 12.0. The summed E-state index contributed by atoms with van der Waals surface area (Å²) in [5.74, 6) is 0.0881. The van der Waals surface area contributed by atoms with E-state index in [1.54, 1.807) is 17.0 Å². The maximum absolute atomic E-state index is 13.0. The Morgan fingerprint density at radius 2 is 1.76 bits per heavy atom. The van der Waals surface area contributed by atoms with Crippen LogP contribution in [-0.2, 0) is 14.8 Å². The van der Waals surface area contributed by atoms with E-state index in [9.17, 15) is 13.2 Å². The third-order valence-corrected chi connectivity index (χ3v) is 6.56. The van der Waals surface area contributed by atoms with Gasteiger partial charge < -0.3 is 14.4 Å². The van der Waals surface area contributed by atoms with Crippen LogP contribution in [0.4, 0.5) is 0 Å². The first-order valence-electron chi connectivity index (χ1n) is 8.59. The molecule has 0 N–H and O–H groups in total. The number of morpholine rings is 1. The van der Waals surface area contributed by atoms with Crippen LogP contribution in [0.2, 0.25) is 0 Å². The number of rotatable bonds is 4. The third kappa shape index (κ3) is 3.80. The third-order valence-electron chi connectivity index (χ3n) is 4.64. The first-order valence-corrected chi connectivity index (χ1v) is 10.0. The van der Waals surface area contributed by atoms with Crippen molar-refractivity contribution < 1.29 is 22.7 Å². The zero-order valence-corrected chi connectivity index (χ0v) is 15.3. The number of sulfonamides is 1. The lowest BCUT2D eigenvalue weighted by atomic mass is 10.2. The minimum Gasteiger partial charge on any atom is -0.495 e. The van der Waals surface area contributed by atoms with Crippen LogP contribution in [0.1, 0.15) is 29.6 Å². The van der Waals surface area contributed by atoms with E-state index in [4.69, 9.17) is 9.47 Å². The molecule has 1 aromatic rings. The number of benzene rings is 1. The molecule has 3 rings (SSSR count). The molecule has 0 unspecified atom stereocenters. The molecule has 2 aliphatic heterocycles. The Morgan fingerprint density at radius 3 is 2.40 bits per heavy atom. The van der Waals surface area contributed by atoms with Crippen molar-refractivity contribution in [3.63, 3.8) is 0 Å². The Morgan fingerprint density at radius 1 is 1.08 bits per heavy atom. The van der Waals surface area contributed by atoms with Crippen LogP contribution in [0.15, 0.2) is 23.1 Å². The highest BCUT2D eigenvalue weighted by atomic mass is 32.2. The summed E-state index contributed by atoms with van der Waals surface area (Å²) in [6.07, 6.45) is 2.75. The van der Waals surface area contributed by atoms with E-state index in [1.807, 2.05) is 0 Å². The molecule has 0 aromatic heterocycles. The molecule has 2 fully saturated rings. The Bertz CT molecular complexity index is 723. The summed E-state index contributed by atoms with van der Waals surface area (Å²) in [4.78, 5) is 14.4. The van der Waals surface area contributed by atoms with Gasteiger partial charge in [-0.25, -0.2) is 8.42 Å². The Balaban J connectivity index is 1.93. The quantitative estimate of drug-likeness (QED) is 0.802. The van der Waals surface area contributed by atoms with E-state index in [0.717, 1.165) is 19.3 Å². The molecule has 7 nitrogen and oxygen atoms in total. The normalized spacial score (nSPS) is 19.6. The number of carbonyl (C=O) groups is 1. The van der Waals surface area contributed by atoms with Gasteiger partial charge in [-0.3, -0.25) is 4.79 Å². The zero-order chi connectivity index (χ0) is 17.9. The molecule has 8 heteroatoms. The lowest BCUT2D eigenvalue weighted by molar-refractivity contribution is 0.0302. The van der Waals surface area contributed by atoms with Gasteiger partial charge in [0, 0.05) is 31.7 Å². The lowest BCUT2D eigenvalue weighted by Gasteiger charge is -2.28. The van der Waals surface area contributed by atoms with Gasteiger partial charge in [-0.05, 0) is 31.0 Å². The van der Waals surface area contributed by atoms with Crippen LogP contribution in [0.25, 0.3) is 0 Å². The highest BCUT2D eigenvalue weighted by Crippen LogP contribution is 2.30. The van der Waals surface area contributed by atoms with E-state index < -0.39 is 10.0 Å². The Hall–Kier alpha value is -1.64. The van der Waals surface area contributed by atoms with Crippen LogP contribution >= 0.6 is 0 Å².